The van der Waals surface area contributed by atoms with Gasteiger partial charge in [0.1, 0.15) is 5.01 Å². The van der Waals surface area contributed by atoms with E-state index in [1.807, 2.05) is 25.1 Å². The summed E-state index contributed by atoms with van der Waals surface area (Å²) in [5.74, 6) is 0.375. The van der Waals surface area contributed by atoms with Crippen molar-refractivity contribution in [1.82, 2.24) is 10.2 Å². The molecule has 0 radical (unpaired) electrons. The van der Waals surface area contributed by atoms with Gasteiger partial charge in [-0.25, -0.2) is 4.79 Å². The topological polar surface area (TPSA) is 52.1 Å². The van der Waals surface area contributed by atoms with Gasteiger partial charge in [-0.3, -0.25) is 0 Å². The smallest absolute Gasteiger partial charge is 0.338 e. The van der Waals surface area contributed by atoms with Crippen molar-refractivity contribution in [1.29, 1.82) is 0 Å². The van der Waals surface area contributed by atoms with E-state index in [0.717, 1.165) is 14.9 Å². The lowest BCUT2D eigenvalue weighted by molar-refractivity contribution is 0.0600. The van der Waals surface area contributed by atoms with Crippen LogP contribution in [-0.2, 0) is 10.5 Å². The maximum absolute atomic E-state index is 11.6. The number of aryl methyl sites for hydroxylation is 1. The van der Waals surface area contributed by atoms with Crippen LogP contribution < -0.4 is 0 Å². The van der Waals surface area contributed by atoms with Crippen molar-refractivity contribution in [2.24, 2.45) is 0 Å². The summed E-state index contributed by atoms with van der Waals surface area (Å²) in [7, 11) is 1.39. The number of hydrogen-bond acceptors (Lipinski definition) is 6. The van der Waals surface area contributed by atoms with Gasteiger partial charge in [-0.05, 0) is 18.6 Å². The summed E-state index contributed by atoms with van der Waals surface area (Å²) in [6.45, 7) is 1.92. The lowest BCUT2D eigenvalue weighted by Gasteiger charge is -2.05. The summed E-state index contributed by atoms with van der Waals surface area (Å²) in [4.78, 5) is 11.6. The lowest BCUT2D eigenvalue weighted by atomic mass is 10.1. The van der Waals surface area contributed by atoms with Crippen LogP contribution in [-0.4, -0.2) is 23.3 Å². The minimum absolute atomic E-state index is 0.306. The molecule has 0 unspecified atom stereocenters. The number of aromatic nitrogens is 2. The SMILES string of the molecule is COC(=O)c1ccccc1CSc1nnc(C)s1. The Morgan fingerprint density at radius 2 is 2.17 bits per heavy atom. The van der Waals surface area contributed by atoms with Crippen LogP contribution in [0, 0.1) is 6.92 Å². The van der Waals surface area contributed by atoms with E-state index in [1.54, 1.807) is 29.2 Å². The van der Waals surface area contributed by atoms with Crippen molar-refractivity contribution in [3.05, 3.63) is 40.4 Å². The fourth-order valence-electron chi connectivity index (χ4n) is 1.43. The second kappa shape index (κ2) is 5.97. The number of methoxy groups -OCH3 is 1. The molecule has 0 saturated heterocycles. The standard InChI is InChI=1S/C12H12N2O2S2/c1-8-13-14-12(18-8)17-7-9-5-3-4-6-10(9)11(15)16-2/h3-6H,7H2,1-2H3. The number of rotatable bonds is 4. The van der Waals surface area contributed by atoms with Gasteiger partial charge in [0.25, 0.3) is 0 Å². The van der Waals surface area contributed by atoms with E-state index in [-0.39, 0.29) is 5.97 Å². The number of nitrogens with zero attached hydrogens (tertiary/aromatic N) is 2. The van der Waals surface area contributed by atoms with E-state index in [4.69, 9.17) is 4.74 Å². The molecule has 1 aromatic carbocycles. The highest BCUT2D eigenvalue weighted by molar-refractivity contribution is 8.00. The molecule has 0 bridgehead atoms. The van der Waals surface area contributed by atoms with Crippen molar-refractivity contribution < 1.29 is 9.53 Å². The first kappa shape index (κ1) is 13.0. The van der Waals surface area contributed by atoms with Crippen LogP contribution in [0.15, 0.2) is 28.6 Å². The summed E-state index contributed by atoms with van der Waals surface area (Å²) in [6.07, 6.45) is 0. The molecule has 4 nitrogen and oxygen atoms in total. The lowest BCUT2D eigenvalue weighted by Crippen LogP contribution is -2.04. The van der Waals surface area contributed by atoms with E-state index in [9.17, 15) is 4.79 Å². The predicted molar refractivity (Wildman–Crippen MR) is 72.0 cm³/mol. The van der Waals surface area contributed by atoms with Crippen LogP contribution in [0.25, 0.3) is 0 Å². The van der Waals surface area contributed by atoms with Crippen molar-refractivity contribution in [2.75, 3.05) is 7.11 Å². The average molecular weight is 280 g/mol. The zero-order valence-electron chi connectivity index (χ0n) is 10.0. The highest BCUT2D eigenvalue weighted by atomic mass is 32.2. The van der Waals surface area contributed by atoms with Crippen LogP contribution in [0.5, 0.6) is 0 Å². The third-order valence-electron chi connectivity index (χ3n) is 2.28. The molecule has 6 heteroatoms. The van der Waals surface area contributed by atoms with Gasteiger partial charge in [-0.1, -0.05) is 41.3 Å². The number of benzene rings is 1. The number of carbonyl (C=O) groups excluding carboxylic acids is 1. The first-order chi connectivity index (χ1) is 8.70. The summed E-state index contributed by atoms with van der Waals surface area (Å²) in [6, 6.07) is 7.43. The summed E-state index contributed by atoms with van der Waals surface area (Å²) >= 11 is 3.13. The van der Waals surface area contributed by atoms with Gasteiger partial charge < -0.3 is 4.74 Å². The Bertz CT molecular complexity index is 555. The number of ether oxygens (including phenoxy) is 1. The third-order valence-corrected chi connectivity index (χ3v) is 4.30. The molecule has 0 amide bonds. The molecule has 2 aromatic rings. The van der Waals surface area contributed by atoms with E-state index >= 15 is 0 Å². The van der Waals surface area contributed by atoms with Gasteiger partial charge in [0.15, 0.2) is 4.34 Å². The monoisotopic (exact) mass is 280 g/mol. The molecule has 0 aliphatic carbocycles. The minimum Gasteiger partial charge on any atom is -0.465 e. The van der Waals surface area contributed by atoms with Gasteiger partial charge >= 0.3 is 5.97 Å². The normalized spacial score (nSPS) is 10.3. The third kappa shape index (κ3) is 3.08. The largest absolute Gasteiger partial charge is 0.465 e. The van der Waals surface area contributed by atoms with Crippen molar-refractivity contribution in [2.45, 2.75) is 17.0 Å². The number of carbonyl (C=O) groups is 1. The fraction of sp³-hybridized carbons (Fsp3) is 0.250. The molecule has 1 heterocycles. The van der Waals surface area contributed by atoms with E-state index < -0.39 is 0 Å². The van der Waals surface area contributed by atoms with Gasteiger partial charge in [-0.15, -0.1) is 10.2 Å². The minimum atomic E-state index is -0.306. The highest BCUT2D eigenvalue weighted by Gasteiger charge is 2.11. The average Bonchev–Trinajstić information content (AvgIpc) is 2.81. The van der Waals surface area contributed by atoms with Gasteiger partial charge in [-0.2, -0.15) is 0 Å². The van der Waals surface area contributed by atoms with Crippen LogP contribution in [0.1, 0.15) is 20.9 Å². The molecule has 18 heavy (non-hydrogen) atoms. The first-order valence-electron chi connectivity index (χ1n) is 5.30. The molecule has 0 spiro atoms. The Kier molecular flexibility index (Phi) is 4.33. The number of hydrogen-bond donors (Lipinski definition) is 0. The fourth-order valence-corrected chi connectivity index (χ4v) is 3.25. The molecule has 0 fully saturated rings. The van der Waals surface area contributed by atoms with Crippen molar-refractivity contribution in [3.8, 4) is 0 Å². The summed E-state index contributed by atoms with van der Waals surface area (Å²) in [5.41, 5.74) is 1.55. The molecule has 94 valence electrons. The number of thioether (sulfide) groups is 1. The zero-order chi connectivity index (χ0) is 13.0. The molecular weight excluding hydrogens is 268 g/mol. The molecule has 0 aliphatic rings. The van der Waals surface area contributed by atoms with Gasteiger partial charge in [0.2, 0.25) is 0 Å². The Hall–Kier alpha value is -1.40. The van der Waals surface area contributed by atoms with Crippen LogP contribution in [0.4, 0.5) is 0 Å². The molecule has 1 aromatic heterocycles. The van der Waals surface area contributed by atoms with Crippen LogP contribution >= 0.6 is 23.1 Å². The summed E-state index contributed by atoms with van der Waals surface area (Å²) < 4.78 is 5.67. The summed E-state index contributed by atoms with van der Waals surface area (Å²) in [5, 5.41) is 8.94. The highest BCUT2D eigenvalue weighted by Crippen LogP contribution is 2.27. The zero-order valence-corrected chi connectivity index (χ0v) is 11.7. The molecule has 0 saturated carbocycles. The van der Waals surface area contributed by atoms with Crippen molar-refractivity contribution >= 4 is 29.1 Å². The van der Waals surface area contributed by atoms with E-state index in [0.29, 0.717) is 11.3 Å². The quantitative estimate of drug-likeness (QED) is 0.636. The second-order valence-corrected chi connectivity index (χ2v) is 5.93. The first-order valence-corrected chi connectivity index (χ1v) is 7.10. The maximum Gasteiger partial charge on any atom is 0.338 e. The molecule has 2 rings (SSSR count). The van der Waals surface area contributed by atoms with Crippen LogP contribution in [0.2, 0.25) is 0 Å². The second-order valence-electron chi connectivity index (χ2n) is 3.52. The Balaban J connectivity index is 2.11. The molecule has 0 atom stereocenters. The predicted octanol–water partition coefficient (Wildman–Crippen LogP) is 2.93. The molecular formula is C12H12N2O2S2. The Labute approximate surface area is 113 Å². The van der Waals surface area contributed by atoms with Gasteiger partial charge in [0.05, 0.1) is 12.7 Å². The Morgan fingerprint density at radius 3 is 2.83 bits per heavy atom. The van der Waals surface area contributed by atoms with Crippen molar-refractivity contribution in [3.63, 3.8) is 0 Å². The molecule has 0 N–H and O–H groups in total. The van der Waals surface area contributed by atoms with Crippen LogP contribution in [0.3, 0.4) is 0 Å². The maximum atomic E-state index is 11.6. The Morgan fingerprint density at radius 1 is 1.39 bits per heavy atom. The number of esters is 1. The van der Waals surface area contributed by atoms with Gasteiger partial charge in [0, 0.05) is 5.75 Å². The van der Waals surface area contributed by atoms with E-state index in [2.05, 4.69) is 10.2 Å². The van der Waals surface area contributed by atoms with E-state index in [1.165, 1.54) is 7.11 Å². The molecule has 0 aliphatic heterocycles.